The van der Waals surface area contributed by atoms with E-state index in [4.69, 9.17) is 4.42 Å². The molecule has 0 bridgehead atoms. The minimum absolute atomic E-state index is 0.119. The highest BCUT2D eigenvalue weighted by atomic mass is 32.2. The van der Waals surface area contributed by atoms with Gasteiger partial charge in [0.05, 0.1) is 0 Å². The second kappa shape index (κ2) is 7.14. The summed E-state index contributed by atoms with van der Waals surface area (Å²) in [5.41, 5.74) is 0.691. The Kier molecular flexibility index (Phi) is 5.22. The van der Waals surface area contributed by atoms with Gasteiger partial charge in [0.1, 0.15) is 5.82 Å². The van der Waals surface area contributed by atoms with E-state index in [1.165, 1.54) is 18.2 Å². The first-order chi connectivity index (χ1) is 10.8. The Labute approximate surface area is 132 Å². The molecule has 9 heteroatoms. The summed E-state index contributed by atoms with van der Waals surface area (Å²) in [6.45, 7) is 0.206. The zero-order chi connectivity index (χ0) is 16.9. The molecular formula is C14H14FN3O4S. The largest absolute Gasteiger partial charge is 0.412 e. The molecule has 1 N–H and O–H groups in total. The van der Waals surface area contributed by atoms with Gasteiger partial charge in [-0.25, -0.2) is 12.8 Å². The van der Waals surface area contributed by atoms with Gasteiger partial charge in [0, 0.05) is 25.3 Å². The molecule has 122 valence electrons. The number of nitrogens with zero attached hydrogens (tertiary/aromatic N) is 2. The molecule has 2 aromatic rings. The molecule has 1 amide bonds. The molecule has 7 nitrogen and oxygen atoms in total. The van der Waals surface area contributed by atoms with Crippen LogP contribution in [0.2, 0.25) is 0 Å². The maximum absolute atomic E-state index is 12.7. The van der Waals surface area contributed by atoms with E-state index in [-0.39, 0.29) is 30.6 Å². The van der Waals surface area contributed by atoms with E-state index in [9.17, 15) is 17.6 Å². The number of nitrogens with one attached hydrogen (secondary N) is 1. The quantitative estimate of drug-likeness (QED) is 0.787. The summed E-state index contributed by atoms with van der Waals surface area (Å²) >= 11 is 0. The molecule has 0 spiro atoms. The molecule has 0 aliphatic rings. The lowest BCUT2D eigenvalue weighted by Gasteiger charge is -1.99. The number of hydrogen-bond donors (Lipinski definition) is 1. The number of benzene rings is 1. The molecule has 1 aromatic carbocycles. The summed E-state index contributed by atoms with van der Waals surface area (Å²) < 4.78 is 40.0. The van der Waals surface area contributed by atoms with Crippen molar-refractivity contribution in [2.45, 2.75) is 11.6 Å². The van der Waals surface area contributed by atoms with E-state index in [1.54, 1.807) is 18.2 Å². The smallest absolute Gasteiger partial charge is 0.335 e. The predicted octanol–water partition coefficient (Wildman–Crippen LogP) is 0.984. The van der Waals surface area contributed by atoms with Crippen LogP contribution in [0.1, 0.15) is 11.5 Å². The van der Waals surface area contributed by atoms with Gasteiger partial charge >= 0.3 is 5.22 Å². The first-order valence-corrected chi connectivity index (χ1v) is 8.47. The predicted molar refractivity (Wildman–Crippen MR) is 79.6 cm³/mol. The van der Waals surface area contributed by atoms with Crippen LogP contribution >= 0.6 is 0 Å². The van der Waals surface area contributed by atoms with Crippen molar-refractivity contribution in [1.82, 2.24) is 15.5 Å². The molecule has 0 aliphatic carbocycles. The summed E-state index contributed by atoms with van der Waals surface area (Å²) in [4.78, 5) is 11.6. The maximum atomic E-state index is 12.7. The maximum Gasteiger partial charge on any atom is 0.335 e. The van der Waals surface area contributed by atoms with Crippen LogP contribution in [-0.4, -0.2) is 37.3 Å². The fourth-order valence-corrected chi connectivity index (χ4v) is 2.02. The van der Waals surface area contributed by atoms with Crippen LogP contribution in [0.15, 0.2) is 40.0 Å². The van der Waals surface area contributed by atoms with E-state index in [0.717, 1.165) is 6.26 Å². The Morgan fingerprint density at radius 2 is 2.00 bits per heavy atom. The lowest BCUT2D eigenvalue weighted by atomic mass is 10.2. The monoisotopic (exact) mass is 339 g/mol. The SMILES string of the molecule is CS(=O)(=O)c1nnc(CCNC(=O)/C=C/c2ccc(F)cc2)o1. The van der Waals surface area contributed by atoms with Crippen molar-refractivity contribution >= 4 is 21.8 Å². The van der Waals surface area contributed by atoms with Crippen LogP contribution in [-0.2, 0) is 21.1 Å². The van der Waals surface area contributed by atoms with Crippen LogP contribution in [0.25, 0.3) is 6.08 Å². The van der Waals surface area contributed by atoms with Crippen molar-refractivity contribution in [3.8, 4) is 0 Å². The number of sulfone groups is 1. The Morgan fingerprint density at radius 3 is 2.61 bits per heavy atom. The molecule has 0 atom stereocenters. The molecule has 0 fully saturated rings. The summed E-state index contributed by atoms with van der Waals surface area (Å²) in [6, 6.07) is 5.69. The molecule has 2 rings (SSSR count). The van der Waals surface area contributed by atoms with Gasteiger partial charge in [-0.3, -0.25) is 4.79 Å². The highest BCUT2D eigenvalue weighted by molar-refractivity contribution is 7.90. The number of amides is 1. The molecular weight excluding hydrogens is 325 g/mol. The average molecular weight is 339 g/mol. The Balaban J connectivity index is 1.80. The molecule has 0 radical (unpaired) electrons. The standard InChI is InChI=1S/C14H14FN3O4S/c1-23(20,21)14-18-17-13(22-14)8-9-16-12(19)7-4-10-2-5-11(15)6-3-10/h2-7H,8-9H2,1H3,(H,16,19)/b7-4+. The van der Waals surface area contributed by atoms with Crippen molar-refractivity contribution in [3.05, 3.63) is 47.6 Å². The van der Waals surface area contributed by atoms with Gasteiger partial charge in [0.15, 0.2) is 0 Å². The third-order valence-electron chi connectivity index (χ3n) is 2.70. The lowest BCUT2D eigenvalue weighted by molar-refractivity contribution is -0.116. The fourth-order valence-electron chi connectivity index (χ4n) is 1.59. The second-order valence-corrected chi connectivity index (χ2v) is 6.55. The number of rotatable bonds is 6. The molecule has 0 aliphatic heterocycles. The van der Waals surface area contributed by atoms with Crippen molar-refractivity contribution in [3.63, 3.8) is 0 Å². The van der Waals surface area contributed by atoms with E-state index in [2.05, 4.69) is 15.5 Å². The lowest BCUT2D eigenvalue weighted by Crippen LogP contribution is -2.23. The van der Waals surface area contributed by atoms with Gasteiger partial charge in [0.2, 0.25) is 21.6 Å². The Hall–Kier alpha value is -2.55. The minimum Gasteiger partial charge on any atom is -0.412 e. The van der Waals surface area contributed by atoms with Gasteiger partial charge < -0.3 is 9.73 Å². The number of carbonyl (C=O) groups excluding carboxylic acids is 1. The number of halogens is 1. The van der Waals surface area contributed by atoms with Crippen LogP contribution in [0.4, 0.5) is 4.39 Å². The van der Waals surface area contributed by atoms with E-state index in [1.807, 2.05) is 0 Å². The number of carbonyl (C=O) groups is 1. The molecule has 1 aromatic heterocycles. The van der Waals surface area contributed by atoms with Gasteiger partial charge in [-0.15, -0.1) is 5.10 Å². The Bertz CT molecular complexity index is 813. The second-order valence-electron chi connectivity index (χ2n) is 4.66. The third-order valence-corrected chi connectivity index (χ3v) is 3.50. The normalized spacial score (nSPS) is 11.7. The minimum atomic E-state index is -3.53. The zero-order valence-corrected chi connectivity index (χ0v) is 13.0. The first-order valence-electron chi connectivity index (χ1n) is 6.58. The van der Waals surface area contributed by atoms with Crippen molar-refractivity contribution < 1.29 is 22.0 Å². The van der Waals surface area contributed by atoms with Gasteiger partial charge in [0.25, 0.3) is 0 Å². The van der Waals surface area contributed by atoms with Crippen molar-refractivity contribution in [2.24, 2.45) is 0 Å². The third kappa shape index (κ3) is 5.29. The molecule has 1 heterocycles. The Morgan fingerprint density at radius 1 is 1.30 bits per heavy atom. The first kappa shape index (κ1) is 16.8. The fraction of sp³-hybridized carbons (Fsp3) is 0.214. The highest BCUT2D eigenvalue weighted by Crippen LogP contribution is 2.07. The number of hydrogen-bond acceptors (Lipinski definition) is 6. The molecule has 0 saturated carbocycles. The van der Waals surface area contributed by atoms with Crippen LogP contribution in [0.3, 0.4) is 0 Å². The summed E-state index contributed by atoms with van der Waals surface area (Å²) in [5.74, 6) is -0.579. The van der Waals surface area contributed by atoms with Crippen LogP contribution < -0.4 is 5.32 Å². The van der Waals surface area contributed by atoms with E-state index < -0.39 is 15.1 Å². The van der Waals surface area contributed by atoms with Crippen LogP contribution in [0.5, 0.6) is 0 Å². The zero-order valence-electron chi connectivity index (χ0n) is 12.2. The molecule has 0 saturated heterocycles. The van der Waals surface area contributed by atoms with Crippen LogP contribution in [0, 0.1) is 5.82 Å². The number of aromatic nitrogens is 2. The van der Waals surface area contributed by atoms with E-state index in [0.29, 0.717) is 5.56 Å². The molecule has 0 unspecified atom stereocenters. The van der Waals surface area contributed by atoms with Gasteiger partial charge in [-0.1, -0.05) is 17.2 Å². The highest BCUT2D eigenvalue weighted by Gasteiger charge is 2.16. The van der Waals surface area contributed by atoms with E-state index >= 15 is 0 Å². The molecule has 23 heavy (non-hydrogen) atoms. The van der Waals surface area contributed by atoms with Gasteiger partial charge in [-0.05, 0) is 23.8 Å². The van der Waals surface area contributed by atoms with Gasteiger partial charge in [-0.2, -0.15) is 0 Å². The summed E-state index contributed by atoms with van der Waals surface area (Å²) in [5, 5.41) is 9.12. The van der Waals surface area contributed by atoms with Crippen molar-refractivity contribution in [1.29, 1.82) is 0 Å². The topological polar surface area (TPSA) is 102 Å². The van der Waals surface area contributed by atoms with Crippen molar-refractivity contribution in [2.75, 3.05) is 12.8 Å². The summed E-state index contributed by atoms with van der Waals surface area (Å²) in [7, 11) is -3.53. The average Bonchev–Trinajstić information content (AvgIpc) is 2.96. The summed E-state index contributed by atoms with van der Waals surface area (Å²) in [6.07, 6.45) is 4.02.